The summed E-state index contributed by atoms with van der Waals surface area (Å²) in [7, 11) is 0. The number of carbonyl (C=O) groups excluding carboxylic acids is 1. The van der Waals surface area contributed by atoms with Gasteiger partial charge in [0.25, 0.3) is 0 Å². The van der Waals surface area contributed by atoms with Crippen molar-refractivity contribution >= 4 is 5.97 Å². The predicted octanol–water partition coefficient (Wildman–Crippen LogP) is 2.92. The van der Waals surface area contributed by atoms with E-state index in [1.807, 2.05) is 0 Å². The number of hydrogen-bond donors (Lipinski definition) is 1. The summed E-state index contributed by atoms with van der Waals surface area (Å²) in [6.45, 7) is 3.50. The van der Waals surface area contributed by atoms with Crippen LogP contribution in [0.15, 0.2) is 18.2 Å². The average Bonchev–Trinajstić information content (AvgIpc) is 2.27. The fraction of sp³-hybridized carbons (Fsp3) is 0.462. The minimum absolute atomic E-state index is 0.0318. The maximum absolute atomic E-state index is 13.3. The van der Waals surface area contributed by atoms with Crippen LogP contribution >= 0.6 is 0 Å². The Morgan fingerprint density at radius 3 is 2.82 bits per heavy atom. The number of aromatic hydroxyl groups is 1. The second kappa shape index (κ2) is 6.23. The third-order valence-electron chi connectivity index (χ3n) is 2.46. The third-order valence-corrected chi connectivity index (χ3v) is 2.46. The predicted molar refractivity (Wildman–Crippen MR) is 62.6 cm³/mol. The Kier molecular flexibility index (Phi) is 4.94. The van der Waals surface area contributed by atoms with Crippen LogP contribution in [0, 0.1) is 0 Å². The molecule has 0 aliphatic carbocycles. The number of phenols is 1. The fourth-order valence-electron chi connectivity index (χ4n) is 1.65. The van der Waals surface area contributed by atoms with E-state index < -0.39 is 6.17 Å². The zero-order valence-corrected chi connectivity index (χ0v) is 10.1. The largest absolute Gasteiger partial charge is 0.508 e. The van der Waals surface area contributed by atoms with E-state index in [2.05, 4.69) is 0 Å². The van der Waals surface area contributed by atoms with Crippen molar-refractivity contribution in [3.05, 3.63) is 29.3 Å². The van der Waals surface area contributed by atoms with Crippen LogP contribution in [0.5, 0.6) is 5.75 Å². The Balaban J connectivity index is 2.73. The Bertz CT molecular complexity index is 388. The minimum Gasteiger partial charge on any atom is -0.508 e. The van der Waals surface area contributed by atoms with Crippen molar-refractivity contribution in [3.63, 3.8) is 0 Å². The number of hydrogen-bond acceptors (Lipinski definition) is 3. The first-order valence-corrected chi connectivity index (χ1v) is 5.66. The molecule has 0 aliphatic rings. The van der Waals surface area contributed by atoms with Crippen LogP contribution in [0.25, 0.3) is 0 Å². The van der Waals surface area contributed by atoms with Crippen molar-refractivity contribution in [1.29, 1.82) is 0 Å². The molecule has 0 radical (unpaired) electrons. The van der Waals surface area contributed by atoms with Gasteiger partial charge >= 0.3 is 5.97 Å². The van der Waals surface area contributed by atoms with Crippen molar-refractivity contribution in [1.82, 2.24) is 0 Å². The summed E-state index contributed by atoms with van der Waals surface area (Å²) in [5, 5.41) is 9.29. The summed E-state index contributed by atoms with van der Waals surface area (Å²) < 4.78 is 18.1. The SMILES string of the molecule is CCOC(=O)CCc1ccc(O)cc1C(C)F. The smallest absolute Gasteiger partial charge is 0.306 e. The van der Waals surface area contributed by atoms with Crippen LogP contribution in [0.1, 0.15) is 37.6 Å². The molecule has 0 spiro atoms. The van der Waals surface area contributed by atoms with Crippen molar-refractivity contribution < 1.29 is 19.0 Å². The zero-order chi connectivity index (χ0) is 12.8. The molecular formula is C13H17FO3. The van der Waals surface area contributed by atoms with Crippen LogP contribution in [0.4, 0.5) is 4.39 Å². The number of benzene rings is 1. The topological polar surface area (TPSA) is 46.5 Å². The lowest BCUT2D eigenvalue weighted by Gasteiger charge is -2.10. The second-order valence-corrected chi connectivity index (χ2v) is 3.80. The van der Waals surface area contributed by atoms with Gasteiger partial charge in [0, 0.05) is 6.42 Å². The van der Waals surface area contributed by atoms with Gasteiger partial charge in [-0.3, -0.25) is 4.79 Å². The van der Waals surface area contributed by atoms with Gasteiger partial charge in [0.05, 0.1) is 6.61 Å². The first kappa shape index (κ1) is 13.5. The highest BCUT2D eigenvalue weighted by molar-refractivity contribution is 5.69. The highest BCUT2D eigenvalue weighted by Crippen LogP contribution is 2.26. The molecule has 0 aromatic heterocycles. The average molecular weight is 240 g/mol. The maximum atomic E-state index is 13.3. The van der Waals surface area contributed by atoms with E-state index in [0.29, 0.717) is 18.6 Å². The van der Waals surface area contributed by atoms with Crippen molar-refractivity contribution in [3.8, 4) is 5.75 Å². The molecule has 1 aromatic carbocycles. The third kappa shape index (κ3) is 4.06. The Morgan fingerprint density at radius 1 is 1.53 bits per heavy atom. The number of halogens is 1. The summed E-state index contributed by atoms with van der Waals surface area (Å²) in [5.74, 6) is -0.262. The first-order valence-electron chi connectivity index (χ1n) is 5.66. The summed E-state index contributed by atoms with van der Waals surface area (Å²) in [6.07, 6.45) is -0.527. The van der Waals surface area contributed by atoms with E-state index in [1.54, 1.807) is 13.0 Å². The van der Waals surface area contributed by atoms with Gasteiger partial charge in [0.1, 0.15) is 11.9 Å². The molecule has 4 heteroatoms. The van der Waals surface area contributed by atoms with Crippen LogP contribution in [0.2, 0.25) is 0 Å². The van der Waals surface area contributed by atoms with E-state index in [4.69, 9.17) is 4.74 Å². The van der Waals surface area contributed by atoms with Gasteiger partial charge in [0.2, 0.25) is 0 Å². The molecule has 1 atom stereocenters. The molecule has 1 N–H and O–H groups in total. The van der Waals surface area contributed by atoms with Gasteiger partial charge in [-0.2, -0.15) is 0 Å². The molecule has 0 bridgehead atoms. The van der Waals surface area contributed by atoms with Crippen LogP contribution in [-0.2, 0) is 16.0 Å². The van der Waals surface area contributed by atoms with Crippen molar-refractivity contribution in [2.45, 2.75) is 32.9 Å². The molecule has 1 unspecified atom stereocenters. The number of ether oxygens (including phenoxy) is 1. The standard InChI is InChI=1S/C13H17FO3/c1-3-17-13(16)7-5-10-4-6-11(15)8-12(10)9(2)14/h4,6,8-9,15H,3,5,7H2,1-2H3. The molecule has 0 aliphatic heterocycles. The number of phenolic OH excluding ortho intramolecular Hbond substituents is 1. The fourth-order valence-corrected chi connectivity index (χ4v) is 1.65. The summed E-state index contributed by atoms with van der Waals surface area (Å²) in [4.78, 5) is 11.2. The van der Waals surface area contributed by atoms with Crippen LogP contribution in [0.3, 0.4) is 0 Å². The highest BCUT2D eigenvalue weighted by atomic mass is 19.1. The van der Waals surface area contributed by atoms with Gasteiger partial charge in [-0.25, -0.2) is 4.39 Å². The van der Waals surface area contributed by atoms with Gasteiger partial charge in [-0.15, -0.1) is 0 Å². The summed E-state index contributed by atoms with van der Waals surface area (Å²) in [5.41, 5.74) is 1.15. The number of rotatable bonds is 5. The maximum Gasteiger partial charge on any atom is 0.306 e. The van der Waals surface area contributed by atoms with E-state index in [0.717, 1.165) is 5.56 Å². The lowest BCUT2D eigenvalue weighted by Crippen LogP contribution is -2.06. The number of aryl methyl sites for hydroxylation is 1. The molecule has 94 valence electrons. The Labute approximate surface area is 100 Å². The molecule has 1 rings (SSSR count). The second-order valence-electron chi connectivity index (χ2n) is 3.80. The van der Waals surface area contributed by atoms with Crippen LogP contribution < -0.4 is 0 Å². The van der Waals surface area contributed by atoms with Crippen molar-refractivity contribution in [2.24, 2.45) is 0 Å². The molecule has 17 heavy (non-hydrogen) atoms. The normalized spacial score (nSPS) is 12.2. The number of carbonyl (C=O) groups is 1. The lowest BCUT2D eigenvalue weighted by atomic mass is 9.99. The van der Waals surface area contributed by atoms with E-state index in [-0.39, 0.29) is 18.1 Å². The molecule has 0 fully saturated rings. The quantitative estimate of drug-likeness (QED) is 0.805. The summed E-state index contributed by atoms with van der Waals surface area (Å²) in [6, 6.07) is 4.53. The molecule has 3 nitrogen and oxygen atoms in total. The minimum atomic E-state index is -1.17. The van der Waals surface area contributed by atoms with Gasteiger partial charge < -0.3 is 9.84 Å². The number of esters is 1. The summed E-state index contributed by atoms with van der Waals surface area (Å²) >= 11 is 0. The van der Waals surface area contributed by atoms with Gasteiger partial charge in [-0.05, 0) is 43.5 Å². The molecular weight excluding hydrogens is 223 g/mol. The number of alkyl halides is 1. The first-order chi connectivity index (χ1) is 8.04. The van der Waals surface area contributed by atoms with E-state index in [1.165, 1.54) is 19.1 Å². The van der Waals surface area contributed by atoms with Crippen LogP contribution in [-0.4, -0.2) is 17.7 Å². The monoisotopic (exact) mass is 240 g/mol. The van der Waals surface area contributed by atoms with Gasteiger partial charge in [-0.1, -0.05) is 6.07 Å². The van der Waals surface area contributed by atoms with E-state index >= 15 is 0 Å². The molecule has 0 saturated heterocycles. The van der Waals surface area contributed by atoms with Gasteiger partial charge in [0.15, 0.2) is 0 Å². The molecule has 1 aromatic rings. The van der Waals surface area contributed by atoms with E-state index in [9.17, 15) is 14.3 Å². The molecule has 0 saturated carbocycles. The Morgan fingerprint density at radius 2 is 2.24 bits per heavy atom. The molecule has 0 amide bonds. The zero-order valence-electron chi connectivity index (χ0n) is 10.1. The molecule has 0 heterocycles. The Hall–Kier alpha value is -1.58. The van der Waals surface area contributed by atoms with Crippen molar-refractivity contribution in [2.75, 3.05) is 6.61 Å². The lowest BCUT2D eigenvalue weighted by molar-refractivity contribution is -0.143. The highest BCUT2D eigenvalue weighted by Gasteiger charge is 2.12.